The summed E-state index contributed by atoms with van der Waals surface area (Å²) in [5.41, 5.74) is 1.90. The molecule has 0 N–H and O–H groups in total. The smallest absolute Gasteiger partial charge is 0.227 e. The third-order valence-corrected chi connectivity index (χ3v) is 3.92. The second-order valence-electron chi connectivity index (χ2n) is 4.14. The molecule has 1 aliphatic heterocycles. The van der Waals surface area contributed by atoms with Gasteiger partial charge in [0.1, 0.15) is 0 Å². The lowest BCUT2D eigenvalue weighted by atomic mass is 10.1. The summed E-state index contributed by atoms with van der Waals surface area (Å²) in [6.07, 6.45) is 0.593. The maximum Gasteiger partial charge on any atom is 0.227 e. The third kappa shape index (κ3) is 2.06. The number of carbonyl (C=O) groups excluding carboxylic acids is 1. The predicted octanol–water partition coefficient (Wildman–Crippen LogP) is 2.93. The first-order valence-corrected chi connectivity index (χ1v) is 6.31. The van der Waals surface area contributed by atoms with E-state index in [2.05, 4.69) is 12.6 Å². The van der Waals surface area contributed by atoms with Crippen molar-refractivity contribution in [3.63, 3.8) is 0 Å². The maximum absolute atomic E-state index is 11.9. The van der Waals surface area contributed by atoms with Gasteiger partial charge in [-0.15, -0.1) is 0 Å². The van der Waals surface area contributed by atoms with Gasteiger partial charge in [-0.2, -0.15) is 12.6 Å². The van der Waals surface area contributed by atoms with E-state index in [0.29, 0.717) is 17.4 Å². The second-order valence-corrected chi connectivity index (χ2v) is 4.91. The fraction of sp³-hybridized carbons (Fsp3) is 0.417. The number of carbonyl (C=O) groups is 1. The maximum atomic E-state index is 11.9. The summed E-state index contributed by atoms with van der Waals surface area (Å²) in [7, 11) is 0. The third-order valence-electron chi connectivity index (χ3n) is 2.99. The highest BCUT2D eigenvalue weighted by Gasteiger charge is 2.30. The van der Waals surface area contributed by atoms with Crippen LogP contribution in [-0.2, 0) is 4.79 Å². The highest BCUT2D eigenvalue weighted by Crippen LogP contribution is 2.31. The predicted molar refractivity (Wildman–Crippen MR) is 70.5 cm³/mol. The van der Waals surface area contributed by atoms with Crippen molar-refractivity contribution < 1.29 is 4.79 Å². The van der Waals surface area contributed by atoms with Crippen LogP contribution < -0.4 is 4.90 Å². The fourth-order valence-electron chi connectivity index (χ4n) is 2.03. The molecular weight excluding hydrogens is 242 g/mol. The highest BCUT2D eigenvalue weighted by atomic mass is 35.5. The van der Waals surface area contributed by atoms with Crippen LogP contribution in [0.3, 0.4) is 0 Å². The van der Waals surface area contributed by atoms with Crippen LogP contribution in [0.1, 0.15) is 12.0 Å². The largest absolute Gasteiger partial charge is 0.312 e. The van der Waals surface area contributed by atoms with Gasteiger partial charge in [-0.05, 0) is 36.3 Å². The monoisotopic (exact) mass is 255 g/mol. The van der Waals surface area contributed by atoms with Crippen molar-refractivity contribution in [2.45, 2.75) is 13.3 Å². The van der Waals surface area contributed by atoms with E-state index >= 15 is 0 Å². The van der Waals surface area contributed by atoms with E-state index in [4.69, 9.17) is 11.6 Å². The fourth-order valence-corrected chi connectivity index (χ4v) is 2.44. The molecular formula is C12H14ClNOS. The number of rotatable bonds is 2. The van der Waals surface area contributed by atoms with Crippen molar-refractivity contribution in [1.82, 2.24) is 0 Å². The molecule has 16 heavy (non-hydrogen) atoms. The average molecular weight is 256 g/mol. The molecule has 2 rings (SSSR count). The highest BCUT2D eigenvalue weighted by molar-refractivity contribution is 7.80. The molecule has 0 aromatic heterocycles. The van der Waals surface area contributed by atoms with Gasteiger partial charge in [0.2, 0.25) is 5.91 Å². The second kappa shape index (κ2) is 4.68. The molecule has 0 aliphatic carbocycles. The summed E-state index contributed by atoms with van der Waals surface area (Å²) in [6, 6.07) is 5.67. The molecule has 2 nitrogen and oxygen atoms in total. The van der Waals surface area contributed by atoms with Gasteiger partial charge in [-0.1, -0.05) is 17.7 Å². The number of halogens is 1. The molecule has 1 atom stereocenters. The SMILES string of the molecule is Cc1c(Cl)cccc1N1CC(CS)CC1=O. The summed E-state index contributed by atoms with van der Waals surface area (Å²) in [5, 5.41) is 0.708. The Hall–Kier alpha value is -0.670. The Kier molecular flexibility index (Phi) is 3.45. The van der Waals surface area contributed by atoms with Crippen molar-refractivity contribution in [2.24, 2.45) is 5.92 Å². The Morgan fingerprint density at radius 2 is 2.31 bits per heavy atom. The number of nitrogens with zero attached hydrogens (tertiary/aromatic N) is 1. The topological polar surface area (TPSA) is 20.3 Å². The van der Waals surface area contributed by atoms with Gasteiger partial charge in [0, 0.05) is 23.7 Å². The van der Waals surface area contributed by atoms with Crippen molar-refractivity contribution >= 4 is 35.8 Å². The molecule has 1 amide bonds. The van der Waals surface area contributed by atoms with Crippen molar-refractivity contribution in [2.75, 3.05) is 17.2 Å². The molecule has 0 spiro atoms. The number of hydrogen-bond donors (Lipinski definition) is 1. The minimum Gasteiger partial charge on any atom is -0.312 e. The zero-order valence-electron chi connectivity index (χ0n) is 9.11. The minimum absolute atomic E-state index is 0.171. The molecule has 1 fully saturated rings. The molecule has 1 unspecified atom stereocenters. The van der Waals surface area contributed by atoms with E-state index in [-0.39, 0.29) is 5.91 Å². The van der Waals surface area contributed by atoms with E-state index in [0.717, 1.165) is 23.5 Å². The number of benzene rings is 1. The van der Waals surface area contributed by atoms with Gasteiger partial charge < -0.3 is 4.90 Å². The molecule has 1 heterocycles. The van der Waals surface area contributed by atoms with Crippen LogP contribution in [-0.4, -0.2) is 18.2 Å². The summed E-state index contributed by atoms with van der Waals surface area (Å²) < 4.78 is 0. The molecule has 1 saturated heterocycles. The van der Waals surface area contributed by atoms with Crippen LogP contribution >= 0.6 is 24.2 Å². The van der Waals surface area contributed by atoms with Gasteiger partial charge in [-0.3, -0.25) is 4.79 Å². The van der Waals surface area contributed by atoms with Gasteiger partial charge in [0.15, 0.2) is 0 Å². The van der Waals surface area contributed by atoms with E-state index < -0.39 is 0 Å². The molecule has 0 saturated carbocycles. The lowest BCUT2D eigenvalue weighted by Gasteiger charge is -2.19. The molecule has 0 bridgehead atoms. The Bertz CT molecular complexity index is 421. The standard InChI is InChI=1S/C12H14ClNOS/c1-8-10(13)3-2-4-11(8)14-6-9(7-16)5-12(14)15/h2-4,9,16H,5-7H2,1H3. The van der Waals surface area contributed by atoms with Crippen molar-refractivity contribution in [3.05, 3.63) is 28.8 Å². The Morgan fingerprint density at radius 1 is 1.56 bits per heavy atom. The van der Waals surface area contributed by atoms with Crippen molar-refractivity contribution in [1.29, 1.82) is 0 Å². The Balaban J connectivity index is 2.31. The Morgan fingerprint density at radius 3 is 2.94 bits per heavy atom. The molecule has 0 radical (unpaired) electrons. The first kappa shape index (κ1) is 11.8. The quantitative estimate of drug-likeness (QED) is 0.806. The molecule has 86 valence electrons. The van der Waals surface area contributed by atoms with Crippen LogP contribution in [0.4, 0.5) is 5.69 Å². The van der Waals surface area contributed by atoms with Crippen LogP contribution in [0.2, 0.25) is 5.02 Å². The number of anilines is 1. The molecule has 1 aromatic carbocycles. The van der Waals surface area contributed by atoms with Crippen molar-refractivity contribution in [3.8, 4) is 0 Å². The van der Waals surface area contributed by atoms with Gasteiger partial charge in [0.05, 0.1) is 0 Å². The summed E-state index contributed by atoms with van der Waals surface area (Å²) in [6.45, 7) is 2.70. The van der Waals surface area contributed by atoms with Crippen LogP contribution in [0.5, 0.6) is 0 Å². The van der Waals surface area contributed by atoms with Crippen LogP contribution in [0.25, 0.3) is 0 Å². The van der Waals surface area contributed by atoms with Crippen LogP contribution in [0.15, 0.2) is 18.2 Å². The minimum atomic E-state index is 0.171. The average Bonchev–Trinajstić information content (AvgIpc) is 2.64. The number of amides is 1. The van der Waals surface area contributed by atoms with Gasteiger partial charge in [0.25, 0.3) is 0 Å². The zero-order valence-corrected chi connectivity index (χ0v) is 10.8. The zero-order chi connectivity index (χ0) is 11.7. The van der Waals surface area contributed by atoms with Crippen LogP contribution in [0, 0.1) is 12.8 Å². The summed E-state index contributed by atoms with van der Waals surface area (Å²) in [5.74, 6) is 1.28. The Labute approximate surface area is 106 Å². The van der Waals surface area contributed by atoms with Gasteiger partial charge >= 0.3 is 0 Å². The van der Waals surface area contributed by atoms with E-state index in [1.807, 2.05) is 30.0 Å². The van der Waals surface area contributed by atoms with Gasteiger partial charge in [-0.25, -0.2) is 0 Å². The first-order valence-electron chi connectivity index (χ1n) is 5.30. The lowest BCUT2D eigenvalue weighted by molar-refractivity contribution is -0.117. The number of hydrogen-bond acceptors (Lipinski definition) is 2. The molecule has 1 aromatic rings. The molecule has 4 heteroatoms. The van der Waals surface area contributed by atoms with E-state index in [1.54, 1.807) is 0 Å². The summed E-state index contributed by atoms with van der Waals surface area (Å²) in [4.78, 5) is 13.7. The normalized spacial score (nSPS) is 20.6. The van der Waals surface area contributed by atoms with E-state index in [9.17, 15) is 4.79 Å². The number of thiol groups is 1. The summed E-state index contributed by atoms with van der Waals surface area (Å²) >= 11 is 10.3. The first-order chi connectivity index (χ1) is 7.63. The lowest BCUT2D eigenvalue weighted by Crippen LogP contribution is -2.25. The van der Waals surface area contributed by atoms with E-state index in [1.165, 1.54) is 0 Å². The molecule has 1 aliphatic rings.